The van der Waals surface area contributed by atoms with E-state index in [9.17, 15) is 8.42 Å². The summed E-state index contributed by atoms with van der Waals surface area (Å²) in [4.78, 5) is 3.97. The lowest BCUT2D eigenvalue weighted by atomic mass is 10.1. The van der Waals surface area contributed by atoms with Crippen molar-refractivity contribution in [3.63, 3.8) is 0 Å². The summed E-state index contributed by atoms with van der Waals surface area (Å²) in [6.07, 6.45) is 6.33. The molecule has 1 saturated carbocycles. The zero-order valence-electron chi connectivity index (χ0n) is 9.83. The summed E-state index contributed by atoms with van der Waals surface area (Å²) < 4.78 is 28.7. The maximum atomic E-state index is 11.7. The first kappa shape index (κ1) is 11.4. The van der Waals surface area contributed by atoms with Gasteiger partial charge in [0.15, 0.2) is 14.9 Å². The zero-order chi connectivity index (χ0) is 12.8. The van der Waals surface area contributed by atoms with Crippen molar-refractivity contribution in [1.82, 2.24) is 10.1 Å². The van der Waals surface area contributed by atoms with Crippen LogP contribution in [0.15, 0.2) is 34.1 Å². The van der Waals surface area contributed by atoms with E-state index in [1.807, 2.05) is 0 Å². The van der Waals surface area contributed by atoms with Crippen LogP contribution in [0.5, 0.6) is 0 Å². The summed E-state index contributed by atoms with van der Waals surface area (Å²) in [6, 6.07) is 3.45. The topological polar surface area (TPSA) is 73.1 Å². The van der Waals surface area contributed by atoms with Gasteiger partial charge in [0.1, 0.15) is 5.76 Å². The summed E-state index contributed by atoms with van der Waals surface area (Å²) in [5.74, 6) is 1.14. The Hall–Kier alpha value is -1.69. The van der Waals surface area contributed by atoms with Gasteiger partial charge in [-0.2, -0.15) is 0 Å². The van der Waals surface area contributed by atoms with E-state index in [1.54, 1.807) is 18.3 Å². The van der Waals surface area contributed by atoms with Crippen LogP contribution < -0.4 is 0 Å². The fourth-order valence-electron chi connectivity index (χ4n) is 1.98. The fourth-order valence-corrected chi connectivity index (χ4v) is 2.81. The van der Waals surface area contributed by atoms with Crippen LogP contribution in [-0.4, -0.2) is 24.8 Å². The van der Waals surface area contributed by atoms with Gasteiger partial charge in [0.2, 0.25) is 0 Å². The van der Waals surface area contributed by atoms with Gasteiger partial charge in [-0.05, 0) is 25.0 Å². The monoisotopic (exact) mass is 264 g/mol. The molecule has 0 radical (unpaired) electrons. The van der Waals surface area contributed by atoms with Crippen molar-refractivity contribution in [2.24, 2.45) is 0 Å². The summed E-state index contributed by atoms with van der Waals surface area (Å²) in [5, 5.41) is 3.86. The average Bonchev–Trinajstić information content (AvgIpc) is 3.06. The van der Waals surface area contributed by atoms with Crippen molar-refractivity contribution in [1.29, 1.82) is 0 Å². The molecule has 5 nitrogen and oxygen atoms in total. The summed E-state index contributed by atoms with van der Waals surface area (Å²) >= 11 is 0. The SMILES string of the molecule is CS(=O)(=O)c1ncccc1-c1cnoc1C1CC1. The molecule has 0 spiro atoms. The quantitative estimate of drug-likeness (QED) is 0.848. The molecule has 1 aliphatic carbocycles. The van der Waals surface area contributed by atoms with E-state index in [4.69, 9.17) is 4.52 Å². The molecule has 0 saturated heterocycles. The largest absolute Gasteiger partial charge is 0.360 e. The standard InChI is InChI=1S/C12H12N2O3S/c1-18(15,16)12-9(3-2-6-13-12)10-7-14-17-11(10)8-4-5-8/h2-3,6-8H,4-5H2,1H3. The Balaban J connectivity index is 2.20. The summed E-state index contributed by atoms with van der Waals surface area (Å²) in [6.45, 7) is 0. The van der Waals surface area contributed by atoms with Crippen LogP contribution in [0.2, 0.25) is 0 Å². The van der Waals surface area contributed by atoms with Gasteiger partial charge in [0.25, 0.3) is 0 Å². The van der Waals surface area contributed by atoms with E-state index >= 15 is 0 Å². The molecule has 0 atom stereocenters. The molecule has 2 aromatic rings. The first-order chi connectivity index (χ1) is 8.57. The normalized spacial score (nSPS) is 15.8. The Morgan fingerprint density at radius 1 is 1.33 bits per heavy atom. The van der Waals surface area contributed by atoms with Crippen LogP contribution in [-0.2, 0) is 9.84 Å². The van der Waals surface area contributed by atoms with Crippen molar-refractivity contribution in [3.05, 3.63) is 30.3 Å². The highest BCUT2D eigenvalue weighted by Gasteiger charge is 2.32. The molecule has 94 valence electrons. The number of sulfone groups is 1. The smallest absolute Gasteiger partial charge is 0.193 e. The van der Waals surface area contributed by atoms with E-state index in [0.29, 0.717) is 11.5 Å². The Kier molecular flexibility index (Phi) is 2.48. The van der Waals surface area contributed by atoms with Crippen molar-refractivity contribution >= 4 is 9.84 Å². The van der Waals surface area contributed by atoms with Crippen LogP contribution >= 0.6 is 0 Å². The van der Waals surface area contributed by atoms with Gasteiger partial charge in [-0.3, -0.25) is 0 Å². The third-order valence-electron chi connectivity index (χ3n) is 2.96. The number of hydrogen-bond donors (Lipinski definition) is 0. The first-order valence-corrected chi connectivity index (χ1v) is 7.56. The maximum Gasteiger partial charge on any atom is 0.193 e. The van der Waals surface area contributed by atoms with Crippen LogP contribution in [0.4, 0.5) is 0 Å². The third-order valence-corrected chi connectivity index (χ3v) is 3.99. The third kappa shape index (κ3) is 1.92. The zero-order valence-corrected chi connectivity index (χ0v) is 10.6. The minimum atomic E-state index is -3.36. The average molecular weight is 264 g/mol. The highest BCUT2D eigenvalue weighted by atomic mass is 32.2. The minimum Gasteiger partial charge on any atom is -0.360 e. The molecule has 1 aliphatic rings. The molecule has 0 aliphatic heterocycles. The summed E-state index contributed by atoms with van der Waals surface area (Å²) in [5.41, 5.74) is 1.31. The van der Waals surface area contributed by atoms with Gasteiger partial charge in [0.05, 0.1) is 6.20 Å². The van der Waals surface area contributed by atoms with E-state index in [2.05, 4.69) is 10.1 Å². The van der Waals surface area contributed by atoms with Gasteiger partial charge in [-0.15, -0.1) is 0 Å². The Bertz CT molecular complexity index is 687. The highest BCUT2D eigenvalue weighted by Crippen LogP contribution is 2.45. The Morgan fingerprint density at radius 3 is 2.78 bits per heavy atom. The van der Waals surface area contributed by atoms with Gasteiger partial charge in [-0.25, -0.2) is 13.4 Å². The molecule has 6 heteroatoms. The molecule has 18 heavy (non-hydrogen) atoms. The second kappa shape index (κ2) is 3.91. The molecular weight excluding hydrogens is 252 g/mol. The lowest BCUT2D eigenvalue weighted by molar-refractivity contribution is 0.385. The van der Waals surface area contributed by atoms with E-state index in [0.717, 1.165) is 30.4 Å². The molecular formula is C12H12N2O3S. The van der Waals surface area contributed by atoms with Gasteiger partial charge in [0, 0.05) is 29.5 Å². The van der Waals surface area contributed by atoms with Gasteiger partial charge in [-0.1, -0.05) is 5.16 Å². The van der Waals surface area contributed by atoms with Crippen LogP contribution in [0.25, 0.3) is 11.1 Å². The lowest BCUT2D eigenvalue weighted by Crippen LogP contribution is -2.03. The second-order valence-electron chi connectivity index (χ2n) is 4.51. The van der Waals surface area contributed by atoms with E-state index < -0.39 is 9.84 Å². The Labute approximate surface area is 105 Å². The number of pyridine rings is 1. The molecule has 0 bridgehead atoms. The van der Waals surface area contributed by atoms with E-state index in [1.165, 1.54) is 6.20 Å². The second-order valence-corrected chi connectivity index (χ2v) is 6.44. The molecule has 2 aromatic heterocycles. The van der Waals surface area contributed by atoms with Crippen molar-refractivity contribution in [3.8, 4) is 11.1 Å². The van der Waals surface area contributed by atoms with Crippen molar-refractivity contribution in [2.45, 2.75) is 23.8 Å². The molecule has 0 N–H and O–H groups in total. The predicted octanol–water partition coefficient (Wildman–Crippen LogP) is 2.02. The number of aromatic nitrogens is 2. The van der Waals surface area contributed by atoms with Crippen molar-refractivity contribution in [2.75, 3.05) is 6.26 Å². The lowest BCUT2D eigenvalue weighted by Gasteiger charge is -2.05. The van der Waals surface area contributed by atoms with Crippen LogP contribution in [0.1, 0.15) is 24.5 Å². The number of nitrogens with zero attached hydrogens (tertiary/aromatic N) is 2. The molecule has 0 amide bonds. The minimum absolute atomic E-state index is 0.0788. The number of hydrogen-bond acceptors (Lipinski definition) is 5. The fraction of sp³-hybridized carbons (Fsp3) is 0.333. The molecule has 2 heterocycles. The molecule has 1 fully saturated rings. The van der Waals surface area contributed by atoms with E-state index in [-0.39, 0.29) is 5.03 Å². The first-order valence-electron chi connectivity index (χ1n) is 5.67. The summed E-state index contributed by atoms with van der Waals surface area (Å²) in [7, 11) is -3.36. The van der Waals surface area contributed by atoms with Crippen molar-refractivity contribution < 1.29 is 12.9 Å². The van der Waals surface area contributed by atoms with Gasteiger partial charge < -0.3 is 4.52 Å². The Morgan fingerprint density at radius 2 is 2.11 bits per heavy atom. The molecule has 0 unspecified atom stereocenters. The molecule has 0 aromatic carbocycles. The van der Waals surface area contributed by atoms with Crippen LogP contribution in [0, 0.1) is 0 Å². The van der Waals surface area contributed by atoms with Gasteiger partial charge >= 0.3 is 0 Å². The predicted molar refractivity (Wildman–Crippen MR) is 64.8 cm³/mol. The van der Waals surface area contributed by atoms with Crippen LogP contribution in [0.3, 0.4) is 0 Å². The maximum absolute atomic E-state index is 11.7. The molecule has 3 rings (SSSR count). The number of rotatable bonds is 3. The highest BCUT2D eigenvalue weighted by molar-refractivity contribution is 7.90.